The second-order valence-corrected chi connectivity index (χ2v) is 6.86. The highest BCUT2D eigenvalue weighted by Crippen LogP contribution is 2.14. The molecular weight excluding hydrogens is 408 g/mol. The van der Waals surface area contributed by atoms with Gasteiger partial charge in [0, 0.05) is 12.2 Å². The summed E-state index contributed by atoms with van der Waals surface area (Å²) in [5.41, 5.74) is 1.72. The van der Waals surface area contributed by atoms with Crippen molar-refractivity contribution in [1.82, 2.24) is 0 Å². The number of rotatable bonds is 13. The second kappa shape index (κ2) is 14.5. The highest BCUT2D eigenvalue weighted by Gasteiger charge is 2.01. The predicted octanol–water partition coefficient (Wildman–Crippen LogP) is 5.16. The van der Waals surface area contributed by atoms with Gasteiger partial charge >= 0.3 is 11.9 Å². The Balaban J connectivity index is 1.65. The molecule has 2 aromatic rings. The number of carbonyl (C=O) groups excluding carboxylic acids is 2. The summed E-state index contributed by atoms with van der Waals surface area (Å²) in [4.78, 5) is 23.6. The van der Waals surface area contributed by atoms with Crippen LogP contribution in [0.5, 0.6) is 11.5 Å². The van der Waals surface area contributed by atoms with E-state index >= 15 is 0 Å². The first-order chi connectivity index (χ1) is 15.6. The van der Waals surface area contributed by atoms with Gasteiger partial charge < -0.3 is 18.9 Å². The van der Waals surface area contributed by atoms with Crippen LogP contribution >= 0.6 is 0 Å². The molecule has 0 aromatic heterocycles. The molecule has 0 aliphatic heterocycles. The molecule has 0 amide bonds. The lowest BCUT2D eigenvalue weighted by Crippen LogP contribution is -2.01. The monoisotopic (exact) mass is 438 g/mol. The van der Waals surface area contributed by atoms with E-state index in [-0.39, 0.29) is 13.2 Å². The zero-order valence-electron chi connectivity index (χ0n) is 18.6. The van der Waals surface area contributed by atoms with E-state index in [1.807, 2.05) is 55.5 Å². The second-order valence-electron chi connectivity index (χ2n) is 6.86. The normalized spacial score (nSPS) is 10.9. The Bertz CT molecular complexity index is 882. The first kappa shape index (κ1) is 24.7. The minimum Gasteiger partial charge on any atom is -0.494 e. The van der Waals surface area contributed by atoms with Crippen molar-refractivity contribution < 1.29 is 28.5 Å². The van der Waals surface area contributed by atoms with E-state index in [1.54, 1.807) is 0 Å². The molecule has 6 heteroatoms. The topological polar surface area (TPSA) is 71.1 Å². The number of benzene rings is 2. The van der Waals surface area contributed by atoms with Crippen molar-refractivity contribution in [1.29, 1.82) is 0 Å². The smallest absolute Gasteiger partial charge is 0.331 e. The third kappa shape index (κ3) is 9.98. The van der Waals surface area contributed by atoms with Crippen LogP contribution in [0.1, 0.15) is 37.8 Å². The molecule has 0 bridgehead atoms. The summed E-state index contributed by atoms with van der Waals surface area (Å²) in [6.45, 7) is 5.64. The number of allylic oxidation sites excluding steroid dienone is 2. The van der Waals surface area contributed by atoms with Crippen LogP contribution in [0.2, 0.25) is 0 Å². The summed E-state index contributed by atoms with van der Waals surface area (Å²) >= 11 is 0. The quantitative estimate of drug-likeness (QED) is 0.186. The van der Waals surface area contributed by atoms with Crippen LogP contribution in [0.3, 0.4) is 0 Å². The minimum atomic E-state index is -0.502. The number of esters is 2. The van der Waals surface area contributed by atoms with Crippen LogP contribution in [-0.4, -0.2) is 25.2 Å². The molecule has 0 unspecified atom stereocenters. The van der Waals surface area contributed by atoms with Crippen molar-refractivity contribution >= 4 is 11.9 Å². The van der Waals surface area contributed by atoms with Crippen LogP contribution in [0.25, 0.3) is 0 Å². The van der Waals surface area contributed by atoms with Crippen LogP contribution in [0.4, 0.5) is 0 Å². The van der Waals surface area contributed by atoms with E-state index < -0.39 is 11.9 Å². The number of unbranched alkanes of at least 4 members (excludes halogenated alkanes) is 1. The molecule has 0 saturated carbocycles. The molecule has 32 heavy (non-hydrogen) atoms. The fourth-order valence-electron chi connectivity index (χ4n) is 2.54. The van der Waals surface area contributed by atoms with E-state index in [4.69, 9.17) is 18.9 Å². The number of hydrogen-bond acceptors (Lipinski definition) is 6. The van der Waals surface area contributed by atoms with Crippen LogP contribution in [0.15, 0.2) is 72.8 Å². The Morgan fingerprint density at radius 2 is 1.19 bits per heavy atom. The Labute approximate surface area is 189 Å². The van der Waals surface area contributed by atoms with Crippen LogP contribution in [-0.2, 0) is 32.3 Å². The van der Waals surface area contributed by atoms with E-state index in [0.29, 0.717) is 13.2 Å². The van der Waals surface area contributed by atoms with Gasteiger partial charge in [0.2, 0.25) is 0 Å². The fraction of sp³-hybridized carbons (Fsp3) is 0.308. The SMILES string of the molecule is CCCCOc1ccc(COC(=O)/C=C/C=C/C(=O)OCc2ccc(OCC)cc2)cc1. The van der Waals surface area contributed by atoms with E-state index in [9.17, 15) is 9.59 Å². The van der Waals surface area contributed by atoms with Gasteiger partial charge in [0.25, 0.3) is 0 Å². The maximum absolute atomic E-state index is 11.8. The Hall–Kier alpha value is -3.54. The molecule has 170 valence electrons. The van der Waals surface area contributed by atoms with Gasteiger partial charge in [-0.15, -0.1) is 0 Å². The molecule has 0 atom stereocenters. The lowest BCUT2D eigenvalue weighted by atomic mass is 10.2. The van der Waals surface area contributed by atoms with Crippen molar-refractivity contribution in [3.8, 4) is 11.5 Å². The molecule has 0 spiro atoms. The zero-order valence-corrected chi connectivity index (χ0v) is 18.6. The van der Waals surface area contributed by atoms with Gasteiger partial charge in [-0.3, -0.25) is 0 Å². The number of hydrogen-bond donors (Lipinski definition) is 0. The Morgan fingerprint density at radius 1 is 0.719 bits per heavy atom. The van der Waals surface area contributed by atoms with Crippen molar-refractivity contribution in [2.24, 2.45) is 0 Å². The molecule has 0 heterocycles. The van der Waals surface area contributed by atoms with Crippen molar-refractivity contribution in [2.75, 3.05) is 13.2 Å². The van der Waals surface area contributed by atoms with Crippen LogP contribution in [0, 0.1) is 0 Å². The maximum atomic E-state index is 11.8. The Kier molecular flexibility index (Phi) is 11.2. The van der Waals surface area contributed by atoms with Crippen molar-refractivity contribution in [2.45, 2.75) is 39.9 Å². The van der Waals surface area contributed by atoms with E-state index in [1.165, 1.54) is 24.3 Å². The minimum absolute atomic E-state index is 0.157. The first-order valence-electron chi connectivity index (χ1n) is 10.7. The van der Waals surface area contributed by atoms with Gasteiger partial charge in [-0.25, -0.2) is 9.59 Å². The largest absolute Gasteiger partial charge is 0.494 e. The molecule has 0 N–H and O–H groups in total. The van der Waals surface area contributed by atoms with Crippen molar-refractivity contribution in [3.63, 3.8) is 0 Å². The van der Waals surface area contributed by atoms with Gasteiger partial charge in [0.05, 0.1) is 13.2 Å². The van der Waals surface area contributed by atoms with Gasteiger partial charge in [0.15, 0.2) is 0 Å². The highest BCUT2D eigenvalue weighted by molar-refractivity contribution is 5.84. The molecule has 0 aliphatic rings. The maximum Gasteiger partial charge on any atom is 0.331 e. The number of carbonyl (C=O) groups is 2. The molecule has 6 nitrogen and oxygen atoms in total. The van der Waals surface area contributed by atoms with Gasteiger partial charge in [-0.1, -0.05) is 49.8 Å². The first-order valence-corrected chi connectivity index (χ1v) is 10.7. The molecule has 2 aromatic carbocycles. The highest BCUT2D eigenvalue weighted by atomic mass is 16.5. The molecule has 0 radical (unpaired) electrons. The molecular formula is C26H30O6. The number of ether oxygens (including phenoxy) is 4. The van der Waals surface area contributed by atoms with Gasteiger partial charge in [-0.05, 0) is 48.7 Å². The summed E-state index contributed by atoms with van der Waals surface area (Å²) in [6, 6.07) is 14.8. The lowest BCUT2D eigenvalue weighted by molar-refractivity contribution is -0.140. The zero-order chi connectivity index (χ0) is 23.0. The predicted molar refractivity (Wildman–Crippen MR) is 122 cm³/mol. The Morgan fingerprint density at radius 3 is 1.62 bits per heavy atom. The molecule has 2 rings (SSSR count). The molecule has 0 saturated heterocycles. The summed E-state index contributed by atoms with van der Waals surface area (Å²) in [5.74, 6) is 0.569. The molecule has 0 fully saturated rings. The summed E-state index contributed by atoms with van der Waals surface area (Å²) in [5, 5.41) is 0. The average molecular weight is 439 g/mol. The van der Waals surface area contributed by atoms with Gasteiger partial charge in [-0.2, -0.15) is 0 Å². The molecule has 0 aliphatic carbocycles. The van der Waals surface area contributed by atoms with Crippen molar-refractivity contribution in [3.05, 3.63) is 84.0 Å². The standard InChI is InChI=1S/C26H30O6/c1-3-5-18-30-24-16-12-22(13-17-24)20-32-26(28)9-7-6-8-25(27)31-19-21-10-14-23(15-11-21)29-4-2/h6-17H,3-5,18-20H2,1-2H3/b8-6+,9-7+. The van der Waals surface area contributed by atoms with E-state index in [2.05, 4.69) is 6.92 Å². The third-order valence-corrected chi connectivity index (χ3v) is 4.26. The summed E-state index contributed by atoms with van der Waals surface area (Å²) in [6.07, 6.45) is 7.46. The van der Waals surface area contributed by atoms with Crippen LogP contribution < -0.4 is 9.47 Å². The summed E-state index contributed by atoms with van der Waals surface area (Å²) in [7, 11) is 0. The lowest BCUT2D eigenvalue weighted by Gasteiger charge is -2.06. The van der Waals surface area contributed by atoms with Gasteiger partial charge in [0.1, 0.15) is 24.7 Å². The fourth-order valence-corrected chi connectivity index (χ4v) is 2.54. The summed E-state index contributed by atoms with van der Waals surface area (Å²) < 4.78 is 21.3. The van der Waals surface area contributed by atoms with E-state index in [0.717, 1.165) is 35.5 Å². The third-order valence-electron chi connectivity index (χ3n) is 4.26. The average Bonchev–Trinajstić information content (AvgIpc) is 2.81.